The second kappa shape index (κ2) is 4.73. The Morgan fingerprint density at radius 3 is 2.55 bits per heavy atom. The van der Waals surface area contributed by atoms with Crippen LogP contribution in [0.1, 0.15) is 26.7 Å². The molecule has 0 spiro atoms. The minimum Gasteiger partial charge on any atom is -0.366 e. The fourth-order valence-electron chi connectivity index (χ4n) is 1.41. The summed E-state index contributed by atoms with van der Waals surface area (Å²) in [5.74, 6) is 0.924. The average Bonchev–Trinajstić information content (AvgIpc) is 2.04. The van der Waals surface area contributed by atoms with Crippen molar-refractivity contribution >= 4 is 0 Å². The molecule has 0 aromatic carbocycles. The second-order valence-corrected chi connectivity index (χ2v) is 3.42. The van der Waals surface area contributed by atoms with Gasteiger partial charge in [0, 0.05) is 19.7 Å². The van der Waals surface area contributed by atoms with Crippen molar-refractivity contribution in [3.63, 3.8) is 0 Å². The van der Waals surface area contributed by atoms with Gasteiger partial charge < -0.3 is 4.74 Å². The third kappa shape index (κ3) is 3.21. The maximum absolute atomic E-state index is 5.33. The third-order valence-electron chi connectivity index (χ3n) is 2.35. The Kier molecular flexibility index (Phi) is 3.87. The lowest BCUT2D eigenvalue weighted by molar-refractivity contribution is 0.0182. The van der Waals surface area contributed by atoms with Gasteiger partial charge in [-0.2, -0.15) is 0 Å². The molecule has 0 aromatic rings. The molecule has 0 N–H and O–H groups in total. The number of nitrogens with zero attached hydrogens (tertiary/aromatic N) is 1. The minimum atomic E-state index is 0.837. The number of hydrogen-bond acceptors (Lipinski definition) is 2. The van der Waals surface area contributed by atoms with Gasteiger partial charge in [0.2, 0.25) is 0 Å². The normalized spacial score (nSPS) is 22.4. The molecule has 0 amide bonds. The quantitative estimate of drug-likeness (QED) is 0.618. The zero-order valence-corrected chi connectivity index (χ0v) is 7.68. The summed E-state index contributed by atoms with van der Waals surface area (Å²) in [6, 6.07) is 0. The molecule has 1 saturated heterocycles. The molecule has 0 radical (unpaired) electrons. The lowest BCUT2D eigenvalue weighted by Gasteiger charge is -2.29. The van der Waals surface area contributed by atoms with Crippen LogP contribution in [0, 0.1) is 5.92 Å². The Bertz CT molecular complexity index is 95.0. The van der Waals surface area contributed by atoms with Crippen molar-refractivity contribution < 1.29 is 4.74 Å². The highest BCUT2D eigenvalue weighted by molar-refractivity contribution is 4.66. The summed E-state index contributed by atoms with van der Waals surface area (Å²) in [6.07, 6.45) is 2.68. The molecule has 0 aliphatic carbocycles. The average molecular weight is 157 g/mol. The van der Waals surface area contributed by atoms with Crippen molar-refractivity contribution in [2.75, 3.05) is 26.4 Å². The van der Waals surface area contributed by atoms with Crippen molar-refractivity contribution in [1.82, 2.24) is 4.90 Å². The number of piperidine rings is 1. The summed E-state index contributed by atoms with van der Waals surface area (Å²) < 4.78 is 5.33. The molecule has 1 rings (SSSR count). The topological polar surface area (TPSA) is 12.5 Å². The Hall–Kier alpha value is -0.0800. The van der Waals surface area contributed by atoms with Crippen LogP contribution in [-0.4, -0.2) is 31.3 Å². The van der Waals surface area contributed by atoms with Crippen LogP contribution < -0.4 is 0 Å². The predicted octanol–water partition coefficient (Wildman–Crippen LogP) is 1.71. The SMILES string of the molecule is CCOCN1CCC(C)CC1. The summed E-state index contributed by atoms with van der Waals surface area (Å²) >= 11 is 0. The lowest BCUT2D eigenvalue weighted by Crippen LogP contribution is -2.34. The maximum atomic E-state index is 5.33. The van der Waals surface area contributed by atoms with Crippen LogP contribution in [0.4, 0.5) is 0 Å². The van der Waals surface area contributed by atoms with Crippen LogP contribution in [0.15, 0.2) is 0 Å². The molecule has 1 heterocycles. The van der Waals surface area contributed by atoms with Crippen molar-refractivity contribution in [2.45, 2.75) is 26.7 Å². The fraction of sp³-hybridized carbons (Fsp3) is 1.00. The molecule has 11 heavy (non-hydrogen) atoms. The Morgan fingerprint density at radius 2 is 2.00 bits per heavy atom. The largest absolute Gasteiger partial charge is 0.366 e. The van der Waals surface area contributed by atoms with E-state index < -0.39 is 0 Å². The van der Waals surface area contributed by atoms with E-state index in [1.165, 1.54) is 25.9 Å². The fourth-order valence-corrected chi connectivity index (χ4v) is 1.41. The van der Waals surface area contributed by atoms with E-state index in [0.717, 1.165) is 19.3 Å². The van der Waals surface area contributed by atoms with Gasteiger partial charge in [-0.15, -0.1) is 0 Å². The summed E-state index contributed by atoms with van der Waals surface area (Å²) in [4.78, 5) is 2.39. The zero-order chi connectivity index (χ0) is 8.10. The summed E-state index contributed by atoms with van der Waals surface area (Å²) in [6.45, 7) is 8.50. The molecule has 2 heteroatoms. The summed E-state index contributed by atoms with van der Waals surface area (Å²) in [5.41, 5.74) is 0. The second-order valence-electron chi connectivity index (χ2n) is 3.42. The molecule has 0 aromatic heterocycles. The molecule has 66 valence electrons. The van der Waals surface area contributed by atoms with E-state index in [1.54, 1.807) is 0 Å². The first-order chi connectivity index (χ1) is 5.33. The van der Waals surface area contributed by atoms with Crippen LogP contribution in [0.3, 0.4) is 0 Å². The maximum Gasteiger partial charge on any atom is 0.0990 e. The van der Waals surface area contributed by atoms with E-state index in [9.17, 15) is 0 Å². The third-order valence-corrected chi connectivity index (χ3v) is 2.35. The van der Waals surface area contributed by atoms with Gasteiger partial charge in [-0.05, 0) is 25.7 Å². The van der Waals surface area contributed by atoms with Crippen molar-refractivity contribution in [1.29, 1.82) is 0 Å². The van der Waals surface area contributed by atoms with Gasteiger partial charge in [-0.25, -0.2) is 0 Å². The van der Waals surface area contributed by atoms with Crippen LogP contribution in [-0.2, 0) is 4.74 Å². The Labute approximate surface area is 69.5 Å². The van der Waals surface area contributed by atoms with Gasteiger partial charge in [0.25, 0.3) is 0 Å². The monoisotopic (exact) mass is 157 g/mol. The molecule has 0 unspecified atom stereocenters. The van der Waals surface area contributed by atoms with Gasteiger partial charge in [-0.3, -0.25) is 4.90 Å². The van der Waals surface area contributed by atoms with E-state index in [-0.39, 0.29) is 0 Å². The first kappa shape index (κ1) is 9.01. The molecule has 0 saturated carbocycles. The highest BCUT2D eigenvalue weighted by Crippen LogP contribution is 2.15. The highest BCUT2D eigenvalue weighted by atomic mass is 16.5. The lowest BCUT2D eigenvalue weighted by atomic mass is 10.00. The number of likely N-dealkylation sites (tertiary alicyclic amines) is 1. The first-order valence-electron chi connectivity index (χ1n) is 4.63. The first-order valence-corrected chi connectivity index (χ1v) is 4.63. The van der Waals surface area contributed by atoms with E-state index >= 15 is 0 Å². The van der Waals surface area contributed by atoms with Crippen LogP contribution in [0.5, 0.6) is 0 Å². The van der Waals surface area contributed by atoms with Gasteiger partial charge in [-0.1, -0.05) is 6.92 Å². The molecule has 2 nitrogen and oxygen atoms in total. The van der Waals surface area contributed by atoms with Gasteiger partial charge in [0.05, 0.1) is 6.73 Å². The molecule has 1 aliphatic rings. The van der Waals surface area contributed by atoms with Crippen LogP contribution in [0.2, 0.25) is 0 Å². The number of ether oxygens (including phenoxy) is 1. The smallest absolute Gasteiger partial charge is 0.0990 e. The predicted molar refractivity (Wildman–Crippen MR) is 46.5 cm³/mol. The van der Waals surface area contributed by atoms with Crippen molar-refractivity contribution in [3.8, 4) is 0 Å². The van der Waals surface area contributed by atoms with Gasteiger partial charge in [0.1, 0.15) is 0 Å². The zero-order valence-electron chi connectivity index (χ0n) is 7.68. The molecule has 1 aliphatic heterocycles. The van der Waals surface area contributed by atoms with Crippen molar-refractivity contribution in [2.24, 2.45) is 5.92 Å². The molecule has 0 atom stereocenters. The van der Waals surface area contributed by atoms with E-state index in [4.69, 9.17) is 4.74 Å². The van der Waals surface area contributed by atoms with Gasteiger partial charge >= 0.3 is 0 Å². The molecular formula is C9H19NO. The van der Waals surface area contributed by atoms with E-state index in [2.05, 4.69) is 11.8 Å². The highest BCUT2D eigenvalue weighted by Gasteiger charge is 2.14. The Morgan fingerprint density at radius 1 is 1.36 bits per heavy atom. The molecular weight excluding hydrogens is 138 g/mol. The van der Waals surface area contributed by atoms with E-state index in [1.807, 2.05) is 6.92 Å². The minimum absolute atomic E-state index is 0.837. The van der Waals surface area contributed by atoms with Crippen LogP contribution >= 0.6 is 0 Å². The molecule has 1 fully saturated rings. The summed E-state index contributed by atoms with van der Waals surface area (Å²) in [7, 11) is 0. The standard InChI is InChI=1S/C9H19NO/c1-3-11-8-10-6-4-9(2)5-7-10/h9H,3-8H2,1-2H3. The Balaban J connectivity index is 2.07. The van der Waals surface area contributed by atoms with Gasteiger partial charge in [0.15, 0.2) is 0 Å². The van der Waals surface area contributed by atoms with Crippen LogP contribution in [0.25, 0.3) is 0 Å². The van der Waals surface area contributed by atoms with E-state index in [0.29, 0.717) is 0 Å². The number of rotatable bonds is 3. The molecule has 0 bridgehead atoms. The summed E-state index contributed by atoms with van der Waals surface area (Å²) in [5, 5.41) is 0. The number of hydrogen-bond donors (Lipinski definition) is 0. The van der Waals surface area contributed by atoms with Crippen molar-refractivity contribution in [3.05, 3.63) is 0 Å².